The molecular weight excluding hydrogens is 366 g/mol. The van der Waals surface area contributed by atoms with Gasteiger partial charge in [0, 0.05) is 6.54 Å². The van der Waals surface area contributed by atoms with Crippen LogP contribution in [-0.2, 0) is 16.1 Å². The van der Waals surface area contributed by atoms with Crippen LogP contribution < -0.4 is 4.74 Å². The number of hydrogen-bond acceptors (Lipinski definition) is 4. The number of nitrogens with one attached hydrogen (secondary N) is 1. The number of amides is 1. The number of aromatic nitrogens is 2. The lowest BCUT2D eigenvalue weighted by Crippen LogP contribution is -2.38. The first-order valence-corrected chi connectivity index (χ1v) is 10.1. The van der Waals surface area contributed by atoms with Crippen LogP contribution in [0.5, 0.6) is 5.75 Å². The largest absolute Gasteiger partial charge is 0.497 e. The van der Waals surface area contributed by atoms with Gasteiger partial charge in [0.15, 0.2) is 0 Å². The Labute approximate surface area is 170 Å². The summed E-state index contributed by atoms with van der Waals surface area (Å²) >= 11 is 0. The predicted molar refractivity (Wildman–Crippen MR) is 112 cm³/mol. The molecule has 29 heavy (non-hydrogen) atoms. The van der Waals surface area contributed by atoms with E-state index in [4.69, 9.17) is 14.5 Å². The molecule has 0 spiro atoms. The lowest BCUT2D eigenvalue weighted by Gasteiger charge is -2.26. The van der Waals surface area contributed by atoms with Crippen LogP contribution in [0, 0.1) is 6.92 Å². The Morgan fingerprint density at radius 1 is 1.31 bits per heavy atom. The summed E-state index contributed by atoms with van der Waals surface area (Å²) in [5.74, 6) is 1.65. The summed E-state index contributed by atoms with van der Waals surface area (Å²) in [5.41, 5.74) is 4.12. The molecule has 3 aromatic rings. The van der Waals surface area contributed by atoms with E-state index in [1.807, 2.05) is 42.2 Å². The molecule has 6 nitrogen and oxygen atoms in total. The maximum absolute atomic E-state index is 13.1. The second-order valence-electron chi connectivity index (χ2n) is 7.64. The van der Waals surface area contributed by atoms with Crippen LogP contribution in [0.25, 0.3) is 11.0 Å². The van der Waals surface area contributed by atoms with Crippen molar-refractivity contribution in [2.45, 2.75) is 45.4 Å². The number of nitrogens with zero attached hydrogens (tertiary/aromatic N) is 2. The molecular formula is C23H27N3O3. The van der Waals surface area contributed by atoms with Crippen molar-refractivity contribution in [3.05, 3.63) is 59.4 Å². The van der Waals surface area contributed by atoms with Gasteiger partial charge in [-0.3, -0.25) is 4.79 Å². The third-order valence-electron chi connectivity index (χ3n) is 5.49. The minimum absolute atomic E-state index is 0.00651. The molecule has 1 fully saturated rings. The highest BCUT2D eigenvalue weighted by Crippen LogP contribution is 2.32. The molecule has 0 saturated carbocycles. The van der Waals surface area contributed by atoms with Gasteiger partial charge in [-0.15, -0.1) is 0 Å². The van der Waals surface area contributed by atoms with Crippen LogP contribution in [0.3, 0.4) is 0 Å². The van der Waals surface area contributed by atoms with Crippen LogP contribution in [0.15, 0.2) is 42.5 Å². The van der Waals surface area contributed by atoms with E-state index in [1.165, 1.54) is 5.56 Å². The van der Waals surface area contributed by atoms with Gasteiger partial charge in [-0.2, -0.15) is 0 Å². The van der Waals surface area contributed by atoms with Gasteiger partial charge in [-0.05, 0) is 62.1 Å². The number of carbonyl (C=O) groups is 1. The van der Waals surface area contributed by atoms with Crippen LogP contribution in [0.4, 0.5) is 0 Å². The number of benzene rings is 2. The first-order chi connectivity index (χ1) is 14.0. The van der Waals surface area contributed by atoms with Crippen LogP contribution in [0.2, 0.25) is 0 Å². The second-order valence-corrected chi connectivity index (χ2v) is 7.64. The topological polar surface area (TPSA) is 67.5 Å². The van der Waals surface area contributed by atoms with Gasteiger partial charge in [0.05, 0.1) is 30.8 Å². The Hall–Kier alpha value is -2.86. The molecule has 2 unspecified atom stereocenters. The molecule has 1 saturated heterocycles. The Morgan fingerprint density at radius 3 is 3.00 bits per heavy atom. The number of aromatic amines is 1. The summed E-state index contributed by atoms with van der Waals surface area (Å²) in [6.07, 6.45) is 1.36. The van der Waals surface area contributed by atoms with Gasteiger partial charge in [0.2, 0.25) is 0 Å². The summed E-state index contributed by atoms with van der Waals surface area (Å²) in [4.78, 5) is 23.1. The summed E-state index contributed by atoms with van der Waals surface area (Å²) in [7, 11) is 1.64. The number of H-pyrrole nitrogens is 1. The summed E-state index contributed by atoms with van der Waals surface area (Å²) < 4.78 is 11.1. The van der Waals surface area contributed by atoms with Crippen molar-refractivity contribution in [2.24, 2.45) is 0 Å². The van der Waals surface area contributed by atoms with Crippen molar-refractivity contribution in [3.63, 3.8) is 0 Å². The van der Waals surface area contributed by atoms with E-state index in [0.29, 0.717) is 6.61 Å². The van der Waals surface area contributed by atoms with Gasteiger partial charge < -0.3 is 19.4 Å². The standard InChI is InChI=1S/C23H27N3O3/c1-15-9-10-19-20(12-15)25-22(24-19)21-8-5-11-26(21)23(27)16(2)29-14-17-6-4-7-18(13-17)28-3/h4,6-7,9-10,12-13,16,21H,5,8,11,14H2,1-3H3,(H,24,25). The normalized spacial score (nSPS) is 17.6. The molecule has 4 rings (SSSR count). The van der Waals surface area contributed by atoms with E-state index in [1.54, 1.807) is 7.11 Å². The Balaban J connectivity index is 1.44. The third-order valence-corrected chi connectivity index (χ3v) is 5.49. The highest BCUT2D eigenvalue weighted by atomic mass is 16.5. The van der Waals surface area contributed by atoms with E-state index in [2.05, 4.69) is 24.0 Å². The average Bonchev–Trinajstić information content (AvgIpc) is 3.37. The number of carbonyl (C=O) groups excluding carboxylic acids is 1. The third kappa shape index (κ3) is 4.12. The average molecular weight is 393 g/mol. The monoisotopic (exact) mass is 393 g/mol. The minimum atomic E-state index is -0.520. The molecule has 2 aromatic carbocycles. The van der Waals surface area contributed by atoms with Gasteiger partial charge in [-0.25, -0.2) is 4.98 Å². The molecule has 0 aliphatic carbocycles. The molecule has 2 atom stereocenters. The molecule has 2 heterocycles. The van der Waals surface area contributed by atoms with Gasteiger partial charge in [-0.1, -0.05) is 18.2 Å². The zero-order chi connectivity index (χ0) is 20.4. The van der Waals surface area contributed by atoms with Crippen LogP contribution >= 0.6 is 0 Å². The Bertz CT molecular complexity index is 1010. The quantitative estimate of drug-likeness (QED) is 0.683. The summed E-state index contributed by atoms with van der Waals surface area (Å²) in [6, 6.07) is 13.8. The minimum Gasteiger partial charge on any atom is -0.497 e. The molecule has 1 aliphatic rings. The Morgan fingerprint density at radius 2 is 2.17 bits per heavy atom. The maximum atomic E-state index is 13.1. The van der Waals surface area contributed by atoms with Gasteiger partial charge >= 0.3 is 0 Å². The Kier molecular flexibility index (Phi) is 5.53. The molecule has 152 valence electrons. The number of rotatable bonds is 6. The van der Waals surface area contributed by atoms with Crippen molar-refractivity contribution >= 4 is 16.9 Å². The van der Waals surface area contributed by atoms with Crippen molar-refractivity contribution in [2.75, 3.05) is 13.7 Å². The number of aryl methyl sites for hydroxylation is 1. The lowest BCUT2D eigenvalue weighted by molar-refractivity contribution is -0.144. The van der Waals surface area contributed by atoms with E-state index in [9.17, 15) is 4.79 Å². The molecule has 6 heteroatoms. The SMILES string of the molecule is COc1cccc(COC(C)C(=O)N2CCCC2c2nc3ccc(C)cc3[nH]2)c1. The maximum Gasteiger partial charge on any atom is 0.252 e. The number of fused-ring (bicyclic) bond motifs is 1. The fraction of sp³-hybridized carbons (Fsp3) is 0.391. The number of likely N-dealkylation sites (tertiary alicyclic amines) is 1. The van der Waals surface area contributed by atoms with E-state index < -0.39 is 6.10 Å². The molecule has 0 bridgehead atoms. The highest BCUT2D eigenvalue weighted by Gasteiger charge is 2.34. The number of hydrogen-bond donors (Lipinski definition) is 1. The summed E-state index contributed by atoms with van der Waals surface area (Å²) in [6.45, 7) is 4.98. The van der Waals surface area contributed by atoms with Crippen molar-refractivity contribution in [3.8, 4) is 5.75 Å². The fourth-order valence-corrected chi connectivity index (χ4v) is 3.90. The van der Waals surface area contributed by atoms with Gasteiger partial charge in [0.25, 0.3) is 5.91 Å². The molecule has 1 amide bonds. The zero-order valence-electron chi connectivity index (χ0n) is 17.1. The highest BCUT2D eigenvalue weighted by molar-refractivity contribution is 5.81. The molecule has 1 N–H and O–H groups in total. The second kappa shape index (κ2) is 8.25. The van der Waals surface area contributed by atoms with Crippen molar-refractivity contribution in [1.82, 2.24) is 14.9 Å². The number of methoxy groups -OCH3 is 1. The zero-order valence-corrected chi connectivity index (χ0v) is 17.1. The smallest absolute Gasteiger partial charge is 0.252 e. The predicted octanol–water partition coefficient (Wildman–Crippen LogP) is 4.15. The van der Waals surface area contributed by atoms with Crippen LogP contribution in [-0.4, -0.2) is 40.5 Å². The van der Waals surface area contributed by atoms with E-state index in [-0.39, 0.29) is 11.9 Å². The van der Waals surface area contributed by atoms with Crippen molar-refractivity contribution < 1.29 is 14.3 Å². The molecule has 1 aromatic heterocycles. The number of imidazole rings is 1. The molecule has 0 radical (unpaired) electrons. The molecule has 1 aliphatic heterocycles. The van der Waals surface area contributed by atoms with Crippen LogP contribution in [0.1, 0.15) is 42.8 Å². The van der Waals surface area contributed by atoms with Gasteiger partial charge in [0.1, 0.15) is 17.7 Å². The number of ether oxygens (including phenoxy) is 2. The first kappa shape index (κ1) is 19.5. The van der Waals surface area contributed by atoms with Crippen molar-refractivity contribution in [1.29, 1.82) is 0 Å². The van der Waals surface area contributed by atoms with E-state index >= 15 is 0 Å². The summed E-state index contributed by atoms with van der Waals surface area (Å²) in [5, 5.41) is 0. The fourth-order valence-electron chi connectivity index (χ4n) is 3.90. The lowest BCUT2D eigenvalue weighted by atomic mass is 10.2. The van der Waals surface area contributed by atoms with E-state index in [0.717, 1.165) is 47.6 Å². The first-order valence-electron chi connectivity index (χ1n) is 10.1.